The van der Waals surface area contributed by atoms with E-state index in [1.807, 2.05) is 42.7 Å². The normalized spacial score (nSPS) is 11.5. The van der Waals surface area contributed by atoms with E-state index in [0.29, 0.717) is 0 Å². The maximum Gasteiger partial charge on any atom is 0.0970 e. The van der Waals surface area contributed by atoms with Crippen molar-refractivity contribution in [3.8, 4) is 44.8 Å². The molecule has 9 aromatic rings. The van der Waals surface area contributed by atoms with Crippen LogP contribution in [0.4, 0.5) is 0 Å². The Morgan fingerprint density at radius 3 is 1.83 bits per heavy atom. The predicted molar refractivity (Wildman–Crippen MR) is 189 cm³/mol. The van der Waals surface area contributed by atoms with Crippen molar-refractivity contribution in [3.05, 3.63) is 158 Å². The smallest absolute Gasteiger partial charge is 0.0970 e. The second-order valence-corrected chi connectivity index (χ2v) is 11.6. The number of hydrogen-bond donors (Lipinski definition) is 0. The number of aromatic nitrogens is 4. The lowest BCUT2D eigenvalue weighted by Gasteiger charge is -2.11. The van der Waals surface area contributed by atoms with Crippen molar-refractivity contribution >= 4 is 43.6 Å². The summed E-state index contributed by atoms with van der Waals surface area (Å²) in [5.74, 6) is 0. The zero-order valence-corrected chi connectivity index (χ0v) is 24.8. The number of benzene rings is 5. The fourth-order valence-corrected chi connectivity index (χ4v) is 6.37. The van der Waals surface area contributed by atoms with Crippen LogP contribution in [0.15, 0.2) is 158 Å². The van der Waals surface area contributed by atoms with Gasteiger partial charge in [0.15, 0.2) is 0 Å². The molecule has 0 aliphatic heterocycles. The van der Waals surface area contributed by atoms with Crippen LogP contribution in [0.3, 0.4) is 0 Å². The lowest BCUT2D eigenvalue weighted by molar-refractivity contribution is 1.37. The molecule has 0 aliphatic rings. The average Bonchev–Trinajstić information content (AvgIpc) is 3.14. The maximum atomic E-state index is 5.10. The van der Waals surface area contributed by atoms with Crippen molar-refractivity contribution < 1.29 is 0 Å². The van der Waals surface area contributed by atoms with E-state index >= 15 is 0 Å². The Hall–Kier alpha value is -6.26. The minimum atomic E-state index is 0.922. The van der Waals surface area contributed by atoms with Crippen LogP contribution in [0.5, 0.6) is 0 Å². The van der Waals surface area contributed by atoms with Crippen LogP contribution in [-0.4, -0.2) is 19.9 Å². The first-order valence-corrected chi connectivity index (χ1v) is 15.4. The van der Waals surface area contributed by atoms with Gasteiger partial charge >= 0.3 is 0 Å². The van der Waals surface area contributed by atoms with Crippen LogP contribution in [0.1, 0.15) is 0 Å². The molecule has 46 heavy (non-hydrogen) atoms. The summed E-state index contributed by atoms with van der Waals surface area (Å²) in [6, 6.07) is 50.8. The molecule has 0 fully saturated rings. The first kappa shape index (κ1) is 26.2. The third kappa shape index (κ3) is 4.56. The Balaban J connectivity index is 1.05. The second kappa shape index (κ2) is 10.7. The molecule has 0 spiro atoms. The topological polar surface area (TPSA) is 51.6 Å². The Morgan fingerprint density at radius 1 is 0.348 bits per heavy atom. The molecule has 0 atom stereocenters. The minimum absolute atomic E-state index is 0.922. The molecule has 4 heteroatoms. The van der Waals surface area contributed by atoms with Crippen LogP contribution in [0.25, 0.3) is 88.4 Å². The van der Waals surface area contributed by atoms with Gasteiger partial charge in [0.2, 0.25) is 0 Å². The van der Waals surface area contributed by atoms with E-state index in [2.05, 4.69) is 125 Å². The zero-order chi connectivity index (χ0) is 30.5. The summed E-state index contributed by atoms with van der Waals surface area (Å²) in [4.78, 5) is 19.3. The van der Waals surface area contributed by atoms with E-state index < -0.39 is 0 Å². The molecular weight excluding hydrogens is 560 g/mol. The fraction of sp³-hybridized carbons (Fsp3) is 0. The van der Waals surface area contributed by atoms with Gasteiger partial charge in [-0.05, 0) is 70.8 Å². The van der Waals surface area contributed by atoms with Crippen LogP contribution in [0.2, 0.25) is 0 Å². The molecule has 4 heterocycles. The highest BCUT2D eigenvalue weighted by Crippen LogP contribution is 2.34. The monoisotopic (exact) mass is 586 g/mol. The van der Waals surface area contributed by atoms with Gasteiger partial charge in [0.05, 0.1) is 33.5 Å². The van der Waals surface area contributed by atoms with Crippen molar-refractivity contribution in [1.82, 2.24) is 19.9 Å². The van der Waals surface area contributed by atoms with Crippen LogP contribution in [0, 0.1) is 0 Å². The summed E-state index contributed by atoms with van der Waals surface area (Å²) < 4.78 is 0. The Kier molecular flexibility index (Phi) is 6.10. The number of nitrogens with zero attached hydrogens (tertiary/aromatic N) is 4. The summed E-state index contributed by atoms with van der Waals surface area (Å²) in [6.45, 7) is 0. The largest absolute Gasteiger partial charge is 0.254 e. The van der Waals surface area contributed by atoms with E-state index in [1.165, 1.54) is 0 Å². The Bertz CT molecular complexity index is 2570. The standard InChI is InChI=1S/C42H26N4/c1-2-6-28(7-3-1)37-21-18-33-24-31(17-20-39(33)45-37)32-15-14-30-16-19-38(46-40(30)26-32)29-12-10-27(11-13-29)36-25-34-8-4-22-43-41(34)42-35(36)9-5-23-44-42/h1-26H. The van der Waals surface area contributed by atoms with Gasteiger partial charge in [0.1, 0.15) is 0 Å². The van der Waals surface area contributed by atoms with E-state index in [1.54, 1.807) is 0 Å². The van der Waals surface area contributed by atoms with Crippen molar-refractivity contribution in [2.45, 2.75) is 0 Å². The van der Waals surface area contributed by atoms with E-state index in [9.17, 15) is 0 Å². The molecular formula is C42H26N4. The summed E-state index contributed by atoms with van der Waals surface area (Å²) in [7, 11) is 0. The highest BCUT2D eigenvalue weighted by Gasteiger charge is 2.11. The molecule has 4 nitrogen and oxygen atoms in total. The minimum Gasteiger partial charge on any atom is -0.254 e. The third-order valence-electron chi connectivity index (χ3n) is 8.74. The quantitative estimate of drug-likeness (QED) is 0.193. The molecule has 0 N–H and O–H groups in total. The van der Waals surface area contributed by atoms with Gasteiger partial charge in [-0.2, -0.15) is 0 Å². The highest BCUT2D eigenvalue weighted by atomic mass is 14.7. The van der Waals surface area contributed by atoms with Gasteiger partial charge in [-0.15, -0.1) is 0 Å². The molecule has 0 saturated heterocycles. The van der Waals surface area contributed by atoms with Crippen LogP contribution >= 0.6 is 0 Å². The summed E-state index contributed by atoms with van der Waals surface area (Å²) in [5, 5.41) is 4.41. The lowest BCUT2D eigenvalue weighted by Crippen LogP contribution is -1.90. The summed E-state index contributed by atoms with van der Waals surface area (Å²) >= 11 is 0. The molecule has 0 bridgehead atoms. The van der Waals surface area contributed by atoms with Gasteiger partial charge in [0.25, 0.3) is 0 Å². The predicted octanol–water partition coefficient (Wildman–Crippen LogP) is 10.5. The molecule has 5 aromatic carbocycles. The average molecular weight is 587 g/mol. The molecule has 4 aromatic heterocycles. The van der Waals surface area contributed by atoms with Gasteiger partial charge < -0.3 is 0 Å². The van der Waals surface area contributed by atoms with E-state index in [-0.39, 0.29) is 0 Å². The second-order valence-electron chi connectivity index (χ2n) is 11.6. The van der Waals surface area contributed by atoms with Gasteiger partial charge in [-0.25, -0.2) is 9.97 Å². The van der Waals surface area contributed by atoms with Gasteiger partial charge in [-0.1, -0.05) is 97.1 Å². The maximum absolute atomic E-state index is 5.10. The fourth-order valence-electron chi connectivity index (χ4n) is 6.37. The molecule has 214 valence electrons. The molecule has 0 aliphatic carbocycles. The van der Waals surface area contributed by atoms with Gasteiger partial charge in [-0.3, -0.25) is 9.97 Å². The zero-order valence-electron chi connectivity index (χ0n) is 24.8. The van der Waals surface area contributed by atoms with Gasteiger partial charge in [0, 0.05) is 45.1 Å². The molecule has 9 rings (SSSR count). The van der Waals surface area contributed by atoms with Crippen molar-refractivity contribution in [1.29, 1.82) is 0 Å². The van der Waals surface area contributed by atoms with Crippen molar-refractivity contribution in [3.63, 3.8) is 0 Å². The molecule has 0 saturated carbocycles. The summed E-state index contributed by atoms with van der Waals surface area (Å²) in [5.41, 5.74) is 12.5. The first-order chi connectivity index (χ1) is 22.8. The molecule has 0 amide bonds. The highest BCUT2D eigenvalue weighted by molar-refractivity contribution is 6.10. The third-order valence-corrected chi connectivity index (χ3v) is 8.74. The van der Waals surface area contributed by atoms with E-state index in [4.69, 9.17) is 9.97 Å². The Morgan fingerprint density at radius 2 is 0.978 bits per heavy atom. The number of hydrogen-bond acceptors (Lipinski definition) is 4. The van der Waals surface area contributed by atoms with Crippen molar-refractivity contribution in [2.75, 3.05) is 0 Å². The lowest BCUT2D eigenvalue weighted by atomic mass is 9.96. The first-order valence-electron chi connectivity index (χ1n) is 15.4. The Labute approximate surface area is 265 Å². The van der Waals surface area contributed by atoms with Crippen LogP contribution in [-0.2, 0) is 0 Å². The number of rotatable bonds is 4. The van der Waals surface area contributed by atoms with Crippen molar-refractivity contribution in [2.24, 2.45) is 0 Å². The van der Waals surface area contributed by atoms with E-state index in [0.717, 1.165) is 88.4 Å². The summed E-state index contributed by atoms with van der Waals surface area (Å²) in [6.07, 6.45) is 3.66. The van der Waals surface area contributed by atoms with Crippen LogP contribution < -0.4 is 0 Å². The molecule has 0 unspecified atom stereocenters. The SMILES string of the molecule is c1ccc(-c2ccc3cc(-c4ccc5ccc(-c6ccc(-c7cc8cccnc8c8ncccc78)cc6)nc5c4)ccc3n2)cc1. The number of fused-ring (bicyclic) bond motifs is 5. The molecule has 0 radical (unpaired) electrons. The number of pyridine rings is 4.